The first-order chi connectivity index (χ1) is 6.34. The first-order valence-corrected chi connectivity index (χ1v) is 5.37. The Balaban J connectivity index is 1.73. The van der Waals surface area contributed by atoms with E-state index in [1.165, 1.54) is 0 Å². The smallest absolute Gasteiger partial charge is 0.305 e. The number of hydrogen-bond donors (Lipinski definition) is 0. The molecule has 13 heavy (non-hydrogen) atoms. The second kappa shape index (κ2) is 4.47. The third-order valence-electron chi connectivity index (χ3n) is 2.13. The Morgan fingerprint density at radius 2 is 2.15 bits per heavy atom. The molecule has 0 aromatic carbocycles. The van der Waals surface area contributed by atoms with E-state index < -0.39 is 11.4 Å². The molecule has 0 unspecified atom stereocenters. The highest BCUT2D eigenvalue weighted by Crippen LogP contribution is 2.10. The van der Waals surface area contributed by atoms with Gasteiger partial charge in [0, 0.05) is 19.6 Å². The first-order valence-electron chi connectivity index (χ1n) is 4.37. The molecule has 0 N–H and O–H groups in total. The monoisotopic (exact) mass is 207 g/mol. The van der Waals surface area contributed by atoms with E-state index in [4.69, 9.17) is 13.1 Å². The van der Waals surface area contributed by atoms with Crippen molar-refractivity contribution in [3.63, 3.8) is 0 Å². The van der Waals surface area contributed by atoms with Crippen LogP contribution in [0.5, 0.6) is 0 Å². The molecule has 2 heterocycles. The molecule has 2 atom stereocenters. The zero-order valence-electron chi connectivity index (χ0n) is 7.31. The molecule has 0 aromatic heterocycles. The van der Waals surface area contributed by atoms with Crippen LogP contribution < -0.4 is 0 Å². The van der Waals surface area contributed by atoms with Crippen LogP contribution in [-0.2, 0) is 24.5 Å². The average molecular weight is 207 g/mol. The van der Waals surface area contributed by atoms with Crippen molar-refractivity contribution in [3.8, 4) is 0 Å². The van der Waals surface area contributed by atoms with Crippen molar-refractivity contribution in [1.82, 2.24) is 4.90 Å². The van der Waals surface area contributed by atoms with Crippen LogP contribution in [0.25, 0.3) is 0 Å². The molecule has 0 saturated carbocycles. The van der Waals surface area contributed by atoms with Gasteiger partial charge in [-0.3, -0.25) is 13.3 Å². The van der Waals surface area contributed by atoms with Gasteiger partial charge in [0.2, 0.25) is 0 Å². The van der Waals surface area contributed by atoms with Gasteiger partial charge in [-0.15, -0.1) is 0 Å². The van der Waals surface area contributed by atoms with E-state index >= 15 is 0 Å². The molecule has 76 valence electrons. The SMILES string of the molecule is O=[S@@]1OC[C@@H](CN2CCOCC2)O1. The Morgan fingerprint density at radius 3 is 2.77 bits per heavy atom. The molecule has 0 radical (unpaired) electrons. The summed E-state index contributed by atoms with van der Waals surface area (Å²) in [4.78, 5) is 2.24. The van der Waals surface area contributed by atoms with E-state index in [0.717, 1.165) is 32.8 Å². The molecule has 0 aromatic rings. The molecule has 0 spiro atoms. The van der Waals surface area contributed by atoms with E-state index in [0.29, 0.717) is 6.61 Å². The van der Waals surface area contributed by atoms with Crippen LogP contribution in [-0.4, -0.2) is 54.7 Å². The predicted molar refractivity (Wildman–Crippen MR) is 46.2 cm³/mol. The lowest BCUT2D eigenvalue weighted by Crippen LogP contribution is -2.41. The minimum absolute atomic E-state index is 0.0427. The number of ether oxygens (including phenoxy) is 1. The van der Waals surface area contributed by atoms with Crippen molar-refractivity contribution in [2.75, 3.05) is 39.5 Å². The number of rotatable bonds is 2. The predicted octanol–water partition coefficient (Wildman–Crippen LogP) is -0.687. The van der Waals surface area contributed by atoms with Gasteiger partial charge >= 0.3 is 11.4 Å². The molecule has 2 fully saturated rings. The Bertz CT molecular complexity index is 195. The first kappa shape index (κ1) is 9.54. The van der Waals surface area contributed by atoms with Gasteiger partial charge in [0.1, 0.15) is 6.10 Å². The molecule has 6 heteroatoms. The third kappa shape index (κ3) is 2.72. The lowest BCUT2D eigenvalue weighted by molar-refractivity contribution is 0.0225. The van der Waals surface area contributed by atoms with Crippen LogP contribution in [0, 0.1) is 0 Å². The highest BCUT2D eigenvalue weighted by molar-refractivity contribution is 7.75. The van der Waals surface area contributed by atoms with E-state index in [2.05, 4.69) is 4.90 Å². The summed E-state index contributed by atoms with van der Waals surface area (Å²) in [5.74, 6) is 0. The van der Waals surface area contributed by atoms with Crippen molar-refractivity contribution in [2.45, 2.75) is 6.10 Å². The number of nitrogens with zero attached hydrogens (tertiary/aromatic N) is 1. The maximum absolute atomic E-state index is 10.7. The average Bonchev–Trinajstić information content (AvgIpc) is 2.53. The second-order valence-electron chi connectivity index (χ2n) is 3.12. The fraction of sp³-hybridized carbons (Fsp3) is 1.00. The standard InChI is InChI=1S/C7H13NO4S/c9-13-11-6-7(12-13)5-8-1-3-10-4-2-8/h7H,1-6H2/t7-,13-/m1/s1. The zero-order chi connectivity index (χ0) is 9.10. The summed E-state index contributed by atoms with van der Waals surface area (Å²) in [6.45, 7) is 4.62. The molecule has 2 saturated heterocycles. The Hall–Kier alpha value is -0.0100. The summed E-state index contributed by atoms with van der Waals surface area (Å²) >= 11 is -1.52. The van der Waals surface area contributed by atoms with Crippen LogP contribution in [0.4, 0.5) is 0 Å². The molecule has 2 aliphatic rings. The quantitative estimate of drug-likeness (QED) is 0.600. The minimum atomic E-state index is -1.52. The van der Waals surface area contributed by atoms with E-state index in [9.17, 15) is 4.21 Å². The summed E-state index contributed by atoms with van der Waals surface area (Å²) in [5.41, 5.74) is 0. The Kier molecular flexibility index (Phi) is 3.28. The molecule has 0 aliphatic carbocycles. The van der Waals surface area contributed by atoms with Crippen molar-refractivity contribution >= 4 is 11.4 Å². The summed E-state index contributed by atoms with van der Waals surface area (Å²) in [6.07, 6.45) is -0.0427. The summed E-state index contributed by atoms with van der Waals surface area (Å²) < 4.78 is 25.8. The molecule has 2 rings (SSSR count). The fourth-order valence-corrected chi connectivity index (χ4v) is 2.11. The summed E-state index contributed by atoms with van der Waals surface area (Å²) in [7, 11) is 0. The highest BCUT2D eigenvalue weighted by atomic mass is 32.2. The van der Waals surface area contributed by atoms with Crippen molar-refractivity contribution in [1.29, 1.82) is 0 Å². The highest BCUT2D eigenvalue weighted by Gasteiger charge is 2.26. The van der Waals surface area contributed by atoms with Crippen molar-refractivity contribution in [2.24, 2.45) is 0 Å². The molecule has 0 amide bonds. The van der Waals surface area contributed by atoms with Crippen LogP contribution in [0.1, 0.15) is 0 Å². The molecule has 2 aliphatic heterocycles. The van der Waals surface area contributed by atoms with Crippen molar-refractivity contribution < 1.29 is 17.3 Å². The fourth-order valence-electron chi connectivity index (χ4n) is 1.45. The minimum Gasteiger partial charge on any atom is -0.379 e. The largest absolute Gasteiger partial charge is 0.379 e. The van der Waals surface area contributed by atoms with Gasteiger partial charge in [0.05, 0.1) is 19.8 Å². The van der Waals surface area contributed by atoms with Crippen LogP contribution in [0.3, 0.4) is 0 Å². The zero-order valence-corrected chi connectivity index (χ0v) is 8.12. The Morgan fingerprint density at radius 1 is 1.38 bits per heavy atom. The lowest BCUT2D eigenvalue weighted by Gasteiger charge is -2.27. The van der Waals surface area contributed by atoms with Crippen LogP contribution >= 0.6 is 0 Å². The van der Waals surface area contributed by atoms with Crippen molar-refractivity contribution in [3.05, 3.63) is 0 Å². The molecular formula is C7H13NO4S. The van der Waals surface area contributed by atoms with Crippen LogP contribution in [0.2, 0.25) is 0 Å². The van der Waals surface area contributed by atoms with Gasteiger partial charge in [-0.25, -0.2) is 0 Å². The Labute approximate surface area is 79.8 Å². The number of hydrogen-bond acceptors (Lipinski definition) is 5. The molecule has 0 bridgehead atoms. The topological polar surface area (TPSA) is 48.0 Å². The molecule has 5 nitrogen and oxygen atoms in total. The second-order valence-corrected chi connectivity index (χ2v) is 3.96. The lowest BCUT2D eigenvalue weighted by atomic mass is 10.3. The summed E-state index contributed by atoms with van der Waals surface area (Å²) in [6, 6.07) is 0. The van der Waals surface area contributed by atoms with Gasteiger partial charge in [-0.05, 0) is 0 Å². The maximum Gasteiger partial charge on any atom is 0.305 e. The van der Waals surface area contributed by atoms with E-state index in [1.54, 1.807) is 0 Å². The van der Waals surface area contributed by atoms with Crippen LogP contribution in [0.15, 0.2) is 0 Å². The van der Waals surface area contributed by atoms with Gasteiger partial charge in [0.15, 0.2) is 0 Å². The maximum atomic E-state index is 10.7. The number of morpholine rings is 1. The van der Waals surface area contributed by atoms with Gasteiger partial charge in [-0.1, -0.05) is 0 Å². The van der Waals surface area contributed by atoms with E-state index in [1.807, 2.05) is 0 Å². The van der Waals surface area contributed by atoms with Gasteiger partial charge in [-0.2, -0.15) is 4.21 Å². The summed E-state index contributed by atoms with van der Waals surface area (Å²) in [5, 5.41) is 0. The van der Waals surface area contributed by atoms with Gasteiger partial charge < -0.3 is 4.74 Å². The molecular weight excluding hydrogens is 194 g/mol. The normalized spacial score (nSPS) is 36.6. The van der Waals surface area contributed by atoms with Gasteiger partial charge in [0.25, 0.3) is 0 Å². The van der Waals surface area contributed by atoms with E-state index in [-0.39, 0.29) is 6.10 Å². The third-order valence-corrected chi connectivity index (χ3v) is 2.89.